The number of rotatable bonds is 5. The predicted octanol–water partition coefficient (Wildman–Crippen LogP) is 4.43. The highest BCUT2D eigenvalue weighted by Gasteiger charge is 2.26. The second-order valence-electron chi connectivity index (χ2n) is 7.59. The van der Waals surface area contributed by atoms with E-state index in [0.717, 1.165) is 13.0 Å². The molecule has 0 aliphatic rings. The average Bonchev–Trinajstić information content (AvgIpc) is 2.60. The molecule has 1 aromatic heterocycles. The molecule has 0 spiro atoms. The van der Waals surface area contributed by atoms with Crippen molar-refractivity contribution in [2.24, 2.45) is 11.3 Å². The molecular weight excluding hydrogens is 252 g/mol. The van der Waals surface area contributed by atoms with Gasteiger partial charge in [-0.3, -0.25) is 0 Å². The van der Waals surface area contributed by atoms with Crippen molar-refractivity contribution in [3.8, 4) is 0 Å². The molecule has 110 valence electrons. The van der Waals surface area contributed by atoms with Gasteiger partial charge in [-0.25, -0.2) is 4.98 Å². The van der Waals surface area contributed by atoms with Crippen molar-refractivity contribution >= 4 is 11.3 Å². The zero-order valence-corrected chi connectivity index (χ0v) is 14.4. The van der Waals surface area contributed by atoms with Crippen LogP contribution in [0.5, 0.6) is 0 Å². The van der Waals surface area contributed by atoms with E-state index in [0.29, 0.717) is 11.3 Å². The zero-order valence-electron chi connectivity index (χ0n) is 13.6. The lowest BCUT2D eigenvalue weighted by Crippen LogP contribution is -2.42. The van der Waals surface area contributed by atoms with E-state index in [4.69, 9.17) is 0 Å². The van der Waals surface area contributed by atoms with Gasteiger partial charge in [-0.1, -0.05) is 20.8 Å². The third kappa shape index (κ3) is 6.05. The molecule has 1 unspecified atom stereocenters. The molecule has 1 aromatic rings. The van der Waals surface area contributed by atoms with Gasteiger partial charge in [0.15, 0.2) is 0 Å². The topological polar surface area (TPSA) is 24.9 Å². The molecule has 0 fully saturated rings. The molecule has 1 atom stereocenters. The van der Waals surface area contributed by atoms with Crippen LogP contribution in [-0.2, 0) is 6.42 Å². The van der Waals surface area contributed by atoms with Crippen LogP contribution < -0.4 is 5.32 Å². The first-order valence-corrected chi connectivity index (χ1v) is 8.11. The Morgan fingerprint density at radius 3 is 2.26 bits per heavy atom. The van der Waals surface area contributed by atoms with Gasteiger partial charge in [0.05, 0.1) is 11.2 Å². The number of aromatic nitrogens is 1. The molecule has 0 saturated heterocycles. The number of aryl methyl sites for hydroxylation is 2. The van der Waals surface area contributed by atoms with Crippen molar-refractivity contribution in [2.45, 2.75) is 66.8 Å². The summed E-state index contributed by atoms with van der Waals surface area (Å²) in [7, 11) is 0. The van der Waals surface area contributed by atoms with E-state index in [1.165, 1.54) is 17.0 Å². The van der Waals surface area contributed by atoms with Crippen molar-refractivity contribution in [1.82, 2.24) is 10.3 Å². The summed E-state index contributed by atoms with van der Waals surface area (Å²) in [5, 5.41) is 3.66. The monoisotopic (exact) mass is 282 g/mol. The second-order valence-corrected chi connectivity index (χ2v) is 8.53. The van der Waals surface area contributed by atoms with E-state index >= 15 is 0 Å². The van der Waals surface area contributed by atoms with Gasteiger partial charge in [-0.05, 0) is 58.4 Å². The van der Waals surface area contributed by atoms with Crippen LogP contribution in [0.3, 0.4) is 0 Å². The van der Waals surface area contributed by atoms with Crippen molar-refractivity contribution < 1.29 is 0 Å². The summed E-state index contributed by atoms with van der Waals surface area (Å²) in [5.74, 6) is 0.688. The second kappa shape index (κ2) is 6.36. The van der Waals surface area contributed by atoms with Crippen LogP contribution in [0.2, 0.25) is 0 Å². The Morgan fingerprint density at radius 1 is 1.21 bits per heavy atom. The van der Waals surface area contributed by atoms with Crippen molar-refractivity contribution in [3.05, 3.63) is 16.1 Å². The summed E-state index contributed by atoms with van der Waals surface area (Å²) in [6, 6.07) is 0. The average molecular weight is 282 g/mol. The Bertz CT molecular complexity index is 382. The molecule has 0 aromatic carbocycles. The lowest BCUT2D eigenvalue weighted by atomic mass is 9.77. The molecular formula is C16H30N2S. The Morgan fingerprint density at radius 2 is 1.84 bits per heavy atom. The smallest absolute Gasteiger partial charge is 0.0797 e. The molecule has 1 rings (SSSR count). The standard InChI is InChI=1S/C16H30N2S/c1-12-14(19-11-17-12)9-8-13(15(2,3)4)10-18-16(5,6)7/h11,13,18H,8-10H2,1-7H3. The fourth-order valence-electron chi connectivity index (χ4n) is 2.14. The largest absolute Gasteiger partial charge is 0.312 e. The highest BCUT2D eigenvalue weighted by Crippen LogP contribution is 2.30. The number of hydrogen-bond donors (Lipinski definition) is 1. The van der Waals surface area contributed by atoms with Crippen LogP contribution in [0.25, 0.3) is 0 Å². The summed E-state index contributed by atoms with van der Waals surface area (Å²) >= 11 is 1.79. The van der Waals surface area contributed by atoms with E-state index < -0.39 is 0 Å². The highest BCUT2D eigenvalue weighted by atomic mass is 32.1. The highest BCUT2D eigenvalue weighted by molar-refractivity contribution is 7.09. The Hall–Kier alpha value is -0.410. The lowest BCUT2D eigenvalue weighted by Gasteiger charge is -2.34. The molecule has 0 bridgehead atoms. The van der Waals surface area contributed by atoms with Gasteiger partial charge in [0.2, 0.25) is 0 Å². The van der Waals surface area contributed by atoms with E-state index in [9.17, 15) is 0 Å². The molecule has 1 N–H and O–H groups in total. The van der Waals surface area contributed by atoms with Crippen LogP contribution in [-0.4, -0.2) is 17.1 Å². The van der Waals surface area contributed by atoms with Crippen LogP contribution in [0, 0.1) is 18.3 Å². The van der Waals surface area contributed by atoms with Crippen molar-refractivity contribution in [1.29, 1.82) is 0 Å². The van der Waals surface area contributed by atoms with E-state index in [1.807, 2.05) is 5.51 Å². The molecule has 0 aliphatic carbocycles. The molecule has 0 radical (unpaired) electrons. The van der Waals surface area contributed by atoms with Gasteiger partial charge in [0.25, 0.3) is 0 Å². The van der Waals surface area contributed by atoms with Crippen molar-refractivity contribution in [3.63, 3.8) is 0 Å². The maximum atomic E-state index is 4.34. The molecule has 3 heteroatoms. The third-order valence-corrected chi connectivity index (χ3v) is 4.66. The first kappa shape index (κ1) is 16.6. The molecule has 19 heavy (non-hydrogen) atoms. The number of nitrogens with one attached hydrogen (secondary N) is 1. The van der Waals surface area contributed by atoms with Crippen LogP contribution in [0.15, 0.2) is 5.51 Å². The molecule has 0 aliphatic heterocycles. The predicted molar refractivity (Wildman–Crippen MR) is 85.9 cm³/mol. The summed E-state index contributed by atoms with van der Waals surface area (Å²) in [6.07, 6.45) is 2.39. The third-order valence-electron chi connectivity index (χ3n) is 3.67. The van der Waals surface area contributed by atoms with Crippen molar-refractivity contribution in [2.75, 3.05) is 6.54 Å². The first-order chi connectivity index (χ1) is 8.59. The Balaban J connectivity index is 2.58. The fraction of sp³-hybridized carbons (Fsp3) is 0.812. The molecule has 0 amide bonds. The Kier molecular flexibility index (Phi) is 5.57. The van der Waals surface area contributed by atoms with Gasteiger partial charge in [-0.2, -0.15) is 0 Å². The van der Waals surface area contributed by atoms with Gasteiger partial charge < -0.3 is 5.32 Å². The first-order valence-electron chi connectivity index (χ1n) is 7.23. The van der Waals surface area contributed by atoms with E-state index in [2.05, 4.69) is 58.8 Å². The van der Waals surface area contributed by atoms with Crippen LogP contribution in [0.1, 0.15) is 58.5 Å². The lowest BCUT2D eigenvalue weighted by molar-refractivity contribution is 0.203. The number of nitrogens with zero attached hydrogens (tertiary/aromatic N) is 1. The SMILES string of the molecule is Cc1ncsc1CCC(CNC(C)(C)C)C(C)(C)C. The van der Waals surface area contributed by atoms with Crippen LogP contribution in [0.4, 0.5) is 0 Å². The Labute approximate surface area is 123 Å². The van der Waals surface area contributed by atoms with Crippen LogP contribution >= 0.6 is 11.3 Å². The van der Waals surface area contributed by atoms with E-state index in [-0.39, 0.29) is 5.54 Å². The maximum absolute atomic E-state index is 4.34. The summed E-state index contributed by atoms with van der Waals surface area (Å²) in [4.78, 5) is 5.79. The number of hydrogen-bond acceptors (Lipinski definition) is 3. The fourth-order valence-corrected chi connectivity index (χ4v) is 2.94. The summed E-state index contributed by atoms with van der Waals surface area (Å²) < 4.78 is 0. The summed E-state index contributed by atoms with van der Waals surface area (Å²) in [6.45, 7) is 17.0. The minimum atomic E-state index is 0.198. The van der Waals surface area contributed by atoms with Gasteiger partial charge in [0.1, 0.15) is 0 Å². The number of thiazole rings is 1. The molecule has 0 saturated carbocycles. The van der Waals surface area contributed by atoms with Gasteiger partial charge in [0, 0.05) is 10.4 Å². The van der Waals surface area contributed by atoms with E-state index in [1.54, 1.807) is 11.3 Å². The maximum Gasteiger partial charge on any atom is 0.0797 e. The minimum Gasteiger partial charge on any atom is -0.312 e. The zero-order chi connectivity index (χ0) is 14.7. The molecule has 1 heterocycles. The molecule has 2 nitrogen and oxygen atoms in total. The van der Waals surface area contributed by atoms with Gasteiger partial charge >= 0.3 is 0 Å². The minimum absolute atomic E-state index is 0.198. The normalized spacial score (nSPS) is 14.7. The van der Waals surface area contributed by atoms with Gasteiger partial charge in [-0.15, -0.1) is 11.3 Å². The quantitative estimate of drug-likeness (QED) is 0.864. The summed E-state index contributed by atoms with van der Waals surface area (Å²) in [5.41, 5.74) is 3.71.